The van der Waals surface area contributed by atoms with Gasteiger partial charge in [-0.25, -0.2) is 9.78 Å². The first-order valence-electron chi connectivity index (χ1n) is 10.4. The van der Waals surface area contributed by atoms with Crippen molar-refractivity contribution in [2.45, 2.75) is 18.0 Å². The van der Waals surface area contributed by atoms with Crippen LogP contribution in [0.15, 0.2) is 70.6 Å². The minimum atomic E-state index is -0.465. The third kappa shape index (κ3) is 7.89. The number of esters is 1. The zero-order valence-electron chi connectivity index (χ0n) is 18.5. The van der Waals surface area contributed by atoms with Gasteiger partial charge >= 0.3 is 5.97 Å². The van der Waals surface area contributed by atoms with Crippen LogP contribution in [0.25, 0.3) is 0 Å². The first kappa shape index (κ1) is 24.7. The van der Waals surface area contributed by atoms with E-state index in [2.05, 4.69) is 25.3 Å². The Balaban J connectivity index is 1.48. The summed E-state index contributed by atoms with van der Waals surface area (Å²) >= 11 is 1.05. The van der Waals surface area contributed by atoms with Gasteiger partial charge in [0.2, 0.25) is 11.8 Å². The fraction of sp³-hybridized carbons (Fsp3) is 0.208. The Morgan fingerprint density at radius 3 is 2.47 bits per heavy atom. The Bertz CT molecular complexity index is 1200. The molecule has 0 saturated carbocycles. The van der Waals surface area contributed by atoms with Gasteiger partial charge in [0.05, 0.1) is 30.5 Å². The van der Waals surface area contributed by atoms with Crippen molar-refractivity contribution in [3.63, 3.8) is 0 Å². The number of amides is 2. The van der Waals surface area contributed by atoms with Crippen molar-refractivity contribution in [2.24, 2.45) is 0 Å². The number of carbonyl (C=O) groups is 3. The first-order chi connectivity index (χ1) is 16.4. The highest BCUT2D eigenvalue weighted by Gasteiger charge is 2.11. The highest BCUT2D eigenvalue weighted by molar-refractivity contribution is 7.99. The Labute approximate surface area is 200 Å². The summed E-state index contributed by atoms with van der Waals surface area (Å²) in [6, 6.07) is 17.3. The molecule has 0 bridgehead atoms. The third-order valence-corrected chi connectivity index (χ3v) is 5.50. The molecule has 3 N–H and O–H groups in total. The molecule has 0 aliphatic heterocycles. The summed E-state index contributed by atoms with van der Waals surface area (Å²) in [4.78, 5) is 54.7. The summed E-state index contributed by atoms with van der Waals surface area (Å²) in [5.74, 6) is -1.03. The molecule has 0 unspecified atom stereocenters. The van der Waals surface area contributed by atoms with E-state index < -0.39 is 11.5 Å². The molecule has 2 amide bonds. The molecule has 2 aromatic carbocycles. The van der Waals surface area contributed by atoms with Crippen LogP contribution in [-0.4, -0.2) is 47.2 Å². The molecule has 9 nitrogen and oxygen atoms in total. The number of hydrogen-bond donors (Lipinski definition) is 3. The number of hydrogen-bond acceptors (Lipinski definition) is 7. The van der Waals surface area contributed by atoms with Crippen molar-refractivity contribution in [2.75, 3.05) is 24.7 Å². The van der Waals surface area contributed by atoms with E-state index in [-0.39, 0.29) is 29.1 Å². The molecule has 1 heterocycles. The normalized spacial score (nSPS) is 10.4. The van der Waals surface area contributed by atoms with Crippen LogP contribution >= 0.6 is 11.8 Å². The van der Waals surface area contributed by atoms with Crippen molar-refractivity contribution in [3.05, 3.63) is 87.8 Å². The molecule has 0 aliphatic rings. The van der Waals surface area contributed by atoms with E-state index in [4.69, 9.17) is 0 Å². The number of aromatic nitrogens is 2. The molecule has 0 saturated heterocycles. The highest BCUT2D eigenvalue weighted by atomic mass is 32.2. The summed E-state index contributed by atoms with van der Waals surface area (Å²) in [7, 11) is 1.29. The van der Waals surface area contributed by atoms with Gasteiger partial charge in [-0.15, -0.1) is 0 Å². The van der Waals surface area contributed by atoms with Gasteiger partial charge < -0.3 is 20.4 Å². The van der Waals surface area contributed by atoms with Crippen LogP contribution in [0.5, 0.6) is 0 Å². The Hall–Kier alpha value is -3.92. The van der Waals surface area contributed by atoms with E-state index in [0.717, 1.165) is 17.3 Å². The Morgan fingerprint density at radius 2 is 1.76 bits per heavy atom. The summed E-state index contributed by atoms with van der Waals surface area (Å²) in [6.07, 6.45) is 0.669. The van der Waals surface area contributed by atoms with E-state index in [1.54, 1.807) is 24.3 Å². The molecule has 3 rings (SSSR count). The molecular formula is C24H24N4O5S. The smallest absolute Gasteiger partial charge is 0.337 e. The van der Waals surface area contributed by atoms with Gasteiger partial charge in [0.25, 0.3) is 5.56 Å². The number of carbonyl (C=O) groups excluding carboxylic acids is 3. The van der Waals surface area contributed by atoms with Crippen LogP contribution in [-0.2, 0) is 27.2 Å². The van der Waals surface area contributed by atoms with E-state index >= 15 is 0 Å². The highest BCUT2D eigenvalue weighted by Crippen LogP contribution is 2.14. The van der Waals surface area contributed by atoms with Gasteiger partial charge in [0, 0.05) is 18.3 Å². The number of nitrogens with zero attached hydrogens (tertiary/aromatic N) is 1. The molecule has 0 aliphatic carbocycles. The maximum absolute atomic E-state index is 12.2. The average molecular weight is 481 g/mol. The predicted octanol–water partition coefficient (Wildman–Crippen LogP) is 2.19. The summed E-state index contributed by atoms with van der Waals surface area (Å²) in [5, 5.41) is 5.76. The second kappa shape index (κ2) is 12.4. The van der Waals surface area contributed by atoms with Crippen molar-refractivity contribution < 1.29 is 19.1 Å². The minimum absolute atomic E-state index is 0.00554. The standard InChI is InChI=1S/C24H24N4O5S/c1-33-23(32)17-7-9-18(10-8-17)26-22(31)15-34-24-27-19(14-21(30)28-24)13-20(29)25-12-11-16-5-3-2-4-6-16/h2-10,14H,11-13,15H2,1H3,(H,25,29)(H,26,31)(H,27,28,30). The lowest BCUT2D eigenvalue weighted by Gasteiger charge is -2.07. The number of thioether (sulfide) groups is 1. The fourth-order valence-corrected chi connectivity index (χ4v) is 3.69. The molecule has 0 atom stereocenters. The van der Waals surface area contributed by atoms with E-state index in [1.165, 1.54) is 13.2 Å². The monoisotopic (exact) mass is 480 g/mol. The van der Waals surface area contributed by atoms with Crippen molar-refractivity contribution in [1.29, 1.82) is 0 Å². The predicted molar refractivity (Wildman–Crippen MR) is 129 cm³/mol. The van der Waals surface area contributed by atoms with E-state index in [1.807, 2.05) is 30.3 Å². The number of methoxy groups -OCH3 is 1. The molecule has 0 radical (unpaired) electrons. The lowest BCUT2D eigenvalue weighted by atomic mass is 10.1. The Morgan fingerprint density at radius 1 is 1.03 bits per heavy atom. The molecule has 1 aromatic heterocycles. The topological polar surface area (TPSA) is 130 Å². The molecule has 176 valence electrons. The third-order valence-electron chi connectivity index (χ3n) is 4.62. The van der Waals surface area contributed by atoms with Gasteiger partial charge in [-0.3, -0.25) is 14.4 Å². The average Bonchev–Trinajstić information content (AvgIpc) is 2.83. The maximum Gasteiger partial charge on any atom is 0.337 e. The van der Waals surface area contributed by atoms with Gasteiger partial charge in [0.1, 0.15) is 0 Å². The van der Waals surface area contributed by atoms with Crippen LogP contribution in [0.4, 0.5) is 5.69 Å². The van der Waals surface area contributed by atoms with Crippen LogP contribution in [0.2, 0.25) is 0 Å². The van der Waals surface area contributed by atoms with Gasteiger partial charge in [-0.1, -0.05) is 42.1 Å². The fourth-order valence-electron chi connectivity index (χ4n) is 3.00. The summed E-state index contributed by atoms with van der Waals surface area (Å²) in [5.41, 5.74) is 1.93. The molecule has 34 heavy (non-hydrogen) atoms. The number of aromatic amines is 1. The second-order valence-electron chi connectivity index (χ2n) is 7.21. The van der Waals surface area contributed by atoms with Gasteiger partial charge in [-0.2, -0.15) is 0 Å². The van der Waals surface area contributed by atoms with Crippen LogP contribution in [0, 0.1) is 0 Å². The SMILES string of the molecule is COC(=O)c1ccc(NC(=O)CSc2nc(CC(=O)NCCc3ccccc3)cc(=O)[nH]2)cc1. The van der Waals surface area contributed by atoms with Crippen LogP contribution in [0.3, 0.4) is 0 Å². The number of ether oxygens (including phenoxy) is 1. The molecular weight excluding hydrogens is 456 g/mol. The number of rotatable bonds is 10. The second-order valence-corrected chi connectivity index (χ2v) is 8.17. The van der Waals surface area contributed by atoms with E-state index in [9.17, 15) is 19.2 Å². The number of anilines is 1. The molecule has 3 aromatic rings. The van der Waals surface area contributed by atoms with Gasteiger partial charge in [0.15, 0.2) is 5.16 Å². The Kier molecular flexibility index (Phi) is 8.98. The summed E-state index contributed by atoms with van der Waals surface area (Å²) in [6.45, 7) is 0.481. The van der Waals surface area contributed by atoms with Gasteiger partial charge in [-0.05, 0) is 36.2 Å². The summed E-state index contributed by atoms with van der Waals surface area (Å²) < 4.78 is 4.63. The van der Waals surface area contributed by atoms with Crippen molar-refractivity contribution in [3.8, 4) is 0 Å². The zero-order valence-corrected chi connectivity index (χ0v) is 19.3. The first-order valence-corrected chi connectivity index (χ1v) is 11.4. The van der Waals surface area contributed by atoms with Crippen LogP contribution in [0.1, 0.15) is 21.6 Å². The maximum atomic E-state index is 12.2. The largest absolute Gasteiger partial charge is 0.465 e. The minimum Gasteiger partial charge on any atom is -0.465 e. The number of benzene rings is 2. The van der Waals surface area contributed by atoms with Crippen molar-refractivity contribution >= 4 is 35.2 Å². The number of H-pyrrole nitrogens is 1. The lowest BCUT2D eigenvalue weighted by Crippen LogP contribution is -2.28. The molecule has 0 fully saturated rings. The molecule has 10 heteroatoms. The lowest BCUT2D eigenvalue weighted by molar-refractivity contribution is -0.120. The van der Waals surface area contributed by atoms with E-state index in [0.29, 0.717) is 29.9 Å². The van der Waals surface area contributed by atoms with Crippen molar-refractivity contribution in [1.82, 2.24) is 15.3 Å². The van der Waals surface area contributed by atoms with Crippen LogP contribution < -0.4 is 16.2 Å². The molecule has 0 spiro atoms. The zero-order chi connectivity index (χ0) is 24.3. The quantitative estimate of drug-likeness (QED) is 0.230. The number of nitrogens with one attached hydrogen (secondary N) is 3.